The van der Waals surface area contributed by atoms with E-state index in [1.54, 1.807) is 27.7 Å². The van der Waals surface area contributed by atoms with Crippen molar-refractivity contribution in [3.63, 3.8) is 0 Å². The van der Waals surface area contributed by atoms with Gasteiger partial charge in [0.15, 0.2) is 0 Å². The maximum absolute atomic E-state index is 12.8. The van der Waals surface area contributed by atoms with Crippen molar-refractivity contribution < 1.29 is 33.9 Å². The molecule has 0 aromatic heterocycles. The number of carboxylic acid groups (broad SMARTS) is 1. The average Bonchev–Trinajstić information content (AvgIpc) is 2.71. The van der Waals surface area contributed by atoms with Gasteiger partial charge >= 0.3 is 5.97 Å². The van der Waals surface area contributed by atoms with Crippen LogP contribution in [0.25, 0.3) is 0 Å². The summed E-state index contributed by atoms with van der Waals surface area (Å²) in [6, 6.07) is -4.92. The molecule has 188 valence electrons. The molecule has 0 spiro atoms. The predicted octanol–water partition coefficient (Wildman–Crippen LogP) is -2.30. The Morgan fingerprint density at radius 1 is 0.818 bits per heavy atom. The van der Waals surface area contributed by atoms with Gasteiger partial charge in [-0.3, -0.25) is 24.0 Å². The smallest absolute Gasteiger partial charge is 0.326 e. The van der Waals surface area contributed by atoms with Crippen LogP contribution in [0.4, 0.5) is 0 Å². The number of aliphatic carboxylic acids is 1. The predicted molar refractivity (Wildman–Crippen MR) is 118 cm³/mol. The second-order valence-corrected chi connectivity index (χ2v) is 8.28. The molecule has 0 heterocycles. The Labute approximate surface area is 192 Å². The van der Waals surface area contributed by atoms with Crippen molar-refractivity contribution in [2.75, 3.05) is 0 Å². The van der Waals surface area contributed by atoms with Gasteiger partial charge in [-0.2, -0.15) is 0 Å². The molecule has 0 aliphatic carbocycles. The zero-order valence-electron chi connectivity index (χ0n) is 19.4. The molecule has 0 aromatic rings. The molecule has 0 rings (SSSR count). The number of amides is 5. The lowest BCUT2D eigenvalue weighted by Gasteiger charge is -2.28. The zero-order valence-corrected chi connectivity index (χ0v) is 19.4. The number of primary amides is 2. The van der Waals surface area contributed by atoms with Gasteiger partial charge in [-0.05, 0) is 18.3 Å². The van der Waals surface area contributed by atoms with E-state index in [1.807, 2.05) is 0 Å². The summed E-state index contributed by atoms with van der Waals surface area (Å²) >= 11 is 0. The summed E-state index contributed by atoms with van der Waals surface area (Å²) in [5.74, 6) is -6.01. The van der Waals surface area contributed by atoms with Gasteiger partial charge in [0.1, 0.15) is 18.1 Å². The van der Waals surface area contributed by atoms with E-state index in [9.17, 15) is 33.9 Å². The van der Waals surface area contributed by atoms with E-state index in [0.29, 0.717) is 6.42 Å². The molecule has 10 N–H and O–H groups in total. The number of carbonyl (C=O) groups excluding carboxylic acids is 5. The van der Waals surface area contributed by atoms with Gasteiger partial charge in [0.05, 0.1) is 12.5 Å². The molecule has 0 radical (unpaired) electrons. The molecule has 0 aromatic carbocycles. The number of nitrogens with one attached hydrogen (secondary N) is 3. The van der Waals surface area contributed by atoms with E-state index < -0.39 is 72.0 Å². The van der Waals surface area contributed by atoms with Crippen LogP contribution < -0.4 is 33.2 Å². The van der Waals surface area contributed by atoms with Crippen molar-refractivity contribution >= 4 is 35.5 Å². The Hall–Kier alpha value is -3.22. The van der Waals surface area contributed by atoms with Gasteiger partial charge in [0.25, 0.3) is 0 Å². The lowest BCUT2D eigenvalue weighted by molar-refractivity contribution is -0.144. The van der Waals surface area contributed by atoms with Crippen LogP contribution in [-0.2, 0) is 28.8 Å². The molecule has 0 unspecified atom stereocenters. The van der Waals surface area contributed by atoms with E-state index in [-0.39, 0.29) is 18.8 Å². The second kappa shape index (κ2) is 14.0. The molecule has 5 atom stereocenters. The highest BCUT2D eigenvalue weighted by molar-refractivity contribution is 5.96. The van der Waals surface area contributed by atoms with Crippen molar-refractivity contribution in [1.82, 2.24) is 16.0 Å². The first-order valence-corrected chi connectivity index (χ1v) is 10.7. The van der Waals surface area contributed by atoms with Gasteiger partial charge in [0.2, 0.25) is 29.5 Å². The third-order valence-electron chi connectivity index (χ3n) is 5.10. The Kier molecular flexibility index (Phi) is 12.7. The van der Waals surface area contributed by atoms with Gasteiger partial charge in [-0.25, -0.2) is 4.79 Å². The van der Waals surface area contributed by atoms with Crippen molar-refractivity contribution in [3.05, 3.63) is 0 Å². The van der Waals surface area contributed by atoms with Crippen LogP contribution in [0.2, 0.25) is 0 Å². The first kappa shape index (κ1) is 29.8. The summed E-state index contributed by atoms with van der Waals surface area (Å²) in [5.41, 5.74) is 15.9. The molecular weight excluding hydrogens is 436 g/mol. The highest BCUT2D eigenvalue weighted by Gasteiger charge is 2.33. The monoisotopic (exact) mass is 472 g/mol. The first-order chi connectivity index (χ1) is 15.2. The van der Waals surface area contributed by atoms with Crippen LogP contribution in [0.1, 0.15) is 53.4 Å². The fourth-order valence-electron chi connectivity index (χ4n) is 2.83. The minimum absolute atomic E-state index is 0.0741. The third-order valence-corrected chi connectivity index (χ3v) is 5.10. The lowest BCUT2D eigenvalue weighted by Crippen LogP contribution is -2.59. The van der Waals surface area contributed by atoms with Crippen LogP contribution in [-0.4, -0.2) is 64.8 Å². The van der Waals surface area contributed by atoms with Gasteiger partial charge in [-0.15, -0.1) is 0 Å². The summed E-state index contributed by atoms with van der Waals surface area (Å²) in [4.78, 5) is 71.6. The number of carboxylic acids is 1. The molecule has 13 heteroatoms. The van der Waals surface area contributed by atoms with Crippen molar-refractivity contribution in [2.45, 2.75) is 77.5 Å². The third kappa shape index (κ3) is 10.8. The molecule has 0 aliphatic heterocycles. The highest BCUT2D eigenvalue weighted by atomic mass is 16.4. The fraction of sp³-hybridized carbons (Fsp3) is 0.700. The maximum atomic E-state index is 12.8. The van der Waals surface area contributed by atoms with Crippen molar-refractivity contribution in [2.24, 2.45) is 29.0 Å². The summed E-state index contributed by atoms with van der Waals surface area (Å²) in [5, 5.41) is 16.5. The topological polar surface area (TPSA) is 237 Å². The van der Waals surface area contributed by atoms with E-state index in [4.69, 9.17) is 17.2 Å². The second-order valence-electron chi connectivity index (χ2n) is 8.28. The van der Waals surface area contributed by atoms with E-state index >= 15 is 0 Å². The molecule has 0 aliphatic rings. The van der Waals surface area contributed by atoms with E-state index in [2.05, 4.69) is 16.0 Å². The number of nitrogens with two attached hydrogens (primary N) is 3. The normalized spacial score (nSPS) is 15.5. The van der Waals surface area contributed by atoms with Crippen molar-refractivity contribution in [3.8, 4) is 0 Å². The Bertz CT molecular complexity index is 742. The quantitative estimate of drug-likeness (QED) is 0.136. The van der Waals surface area contributed by atoms with Crippen LogP contribution in [0.3, 0.4) is 0 Å². The Balaban J connectivity index is 5.46. The highest BCUT2D eigenvalue weighted by Crippen LogP contribution is 2.10. The Morgan fingerprint density at radius 3 is 1.79 bits per heavy atom. The van der Waals surface area contributed by atoms with Crippen LogP contribution in [0.5, 0.6) is 0 Å². The molecule has 0 bridgehead atoms. The molecule has 0 fully saturated rings. The number of rotatable bonds is 15. The van der Waals surface area contributed by atoms with Gasteiger partial charge in [0, 0.05) is 6.42 Å². The van der Waals surface area contributed by atoms with Crippen LogP contribution in [0, 0.1) is 11.8 Å². The fourth-order valence-corrected chi connectivity index (χ4v) is 2.83. The number of hydrogen-bond donors (Lipinski definition) is 7. The van der Waals surface area contributed by atoms with E-state index in [0.717, 1.165) is 0 Å². The maximum Gasteiger partial charge on any atom is 0.326 e. The van der Waals surface area contributed by atoms with E-state index in [1.165, 1.54) is 0 Å². The molecule has 5 amide bonds. The number of hydrogen-bond acceptors (Lipinski definition) is 7. The lowest BCUT2D eigenvalue weighted by atomic mass is 9.97. The number of carbonyl (C=O) groups is 6. The molecular formula is C20H36N6O7. The van der Waals surface area contributed by atoms with Crippen LogP contribution >= 0.6 is 0 Å². The summed E-state index contributed by atoms with van der Waals surface area (Å²) in [6.45, 7) is 6.71. The van der Waals surface area contributed by atoms with Crippen molar-refractivity contribution in [1.29, 1.82) is 0 Å². The first-order valence-electron chi connectivity index (χ1n) is 10.7. The standard InChI is InChI=1S/C20H36N6O7/c1-5-10(4)16(20(32)33)26-19(31)15(9(2)3)25-18(30)12(8-14(23)28)24-17(29)11(21)6-7-13(22)27/h9-12,15-16H,5-8,21H2,1-4H3,(H2,22,27)(H2,23,28)(H,24,29)(H,25,30)(H,26,31)(H,32,33)/t10-,11-,12-,15-,16-/m0/s1. The molecule has 0 saturated heterocycles. The van der Waals surface area contributed by atoms with Crippen LogP contribution in [0.15, 0.2) is 0 Å². The zero-order chi connectivity index (χ0) is 25.9. The minimum Gasteiger partial charge on any atom is -0.480 e. The molecule has 33 heavy (non-hydrogen) atoms. The summed E-state index contributed by atoms with van der Waals surface area (Å²) in [6.07, 6.45) is -0.303. The average molecular weight is 473 g/mol. The largest absolute Gasteiger partial charge is 0.480 e. The van der Waals surface area contributed by atoms with Gasteiger partial charge < -0.3 is 38.3 Å². The molecule has 13 nitrogen and oxygen atoms in total. The molecule has 0 saturated carbocycles. The Morgan fingerprint density at radius 2 is 1.36 bits per heavy atom. The minimum atomic E-state index is -1.44. The summed E-state index contributed by atoms with van der Waals surface area (Å²) in [7, 11) is 0. The van der Waals surface area contributed by atoms with Gasteiger partial charge in [-0.1, -0.05) is 34.1 Å². The SMILES string of the molecule is CC[C@H](C)[C@H](NC(=O)[C@@H](NC(=O)[C@H](CC(N)=O)NC(=O)[C@@H](N)CCC(N)=O)C(C)C)C(=O)O. The summed E-state index contributed by atoms with van der Waals surface area (Å²) < 4.78 is 0.